The zero-order valence-corrected chi connectivity index (χ0v) is 19.4. The smallest absolute Gasteiger partial charge is 0.411 e. The summed E-state index contributed by atoms with van der Waals surface area (Å²) in [5.41, 5.74) is 0.583. The normalized spacial score (nSPS) is 14.1. The first kappa shape index (κ1) is 23.5. The molecule has 1 aliphatic rings. The van der Waals surface area contributed by atoms with Crippen LogP contribution in [0.25, 0.3) is 11.0 Å². The Morgan fingerprint density at radius 3 is 2.65 bits per heavy atom. The van der Waals surface area contributed by atoms with Gasteiger partial charge < -0.3 is 18.8 Å². The number of benzene rings is 1. The van der Waals surface area contributed by atoms with Crippen molar-refractivity contribution in [1.82, 2.24) is 4.90 Å². The lowest BCUT2D eigenvalue weighted by Crippen LogP contribution is -2.40. The second-order valence-electron chi connectivity index (χ2n) is 7.80. The molecule has 1 aliphatic heterocycles. The minimum Gasteiger partial charge on any atom is -0.461 e. The summed E-state index contributed by atoms with van der Waals surface area (Å²) in [6.45, 7) is 2.82. The molecule has 2 amide bonds. The number of carbonyl (C=O) groups excluding carboxylic acids is 3. The average molecular weight is 485 g/mol. The van der Waals surface area contributed by atoms with Crippen LogP contribution in [-0.4, -0.2) is 42.6 Å². The topological polar surface area (TPSA) is 115 Å². The van der Waals surface area contributed by atoms with Gasteiger partial charge in [0.25, 0.3) is 5.91 Å². The molecule has 0 bridgehead atoms. The van der Waals surface area contributed by atoms with Gasteiger partial charge in [-0.25, -0.2) is 9.59 Å². The van der Waals surface area contributed by atoms with Gasteiger partial charge in [-0.3, -0.25) is 14.9 Å². The Balaban J connectivity index is 1.37. The number of piperidine rings is 1. The summed E-state index contributed by atoms with van der Waals surface area (Å²) in [5, 5.41) is 5.01. The summed E-state index contributed by atoms with van der Waals surface area (Å²) in [7, 11) is 0. The van der Waals surface area contributed by atoms with Crippen LogP contribution in [0.5, 0.6) is 0 Å². The number of amides is 2. The second-order valence-corrected chi connectivity index (χ2v) is 8.75. The SMILES string of the molecule is CCOC(=O)Nc1ccc2c(COC(=O)C3CCN(C(=O)c4cccs4)CC3)cc(=O)oc2c1. The zero-order chi connectivity index (χ0) is 24.1. The fourth-order valence-electron chi connectivity index (χ4n) is 3.85. The van der Waals surface area contributed by atoms with Crippen LogP contribution in [0.15, 0.2) is 51.0 Å². The van der Waals surface area contributed by atoms with E-state index in [0.717, 1.165) is 0 Å². The highest BCUT2D eigenvalue weighted by Crippen LogP contribution is 2.25. The van der Waals surface area contributed by atoms with Gasteiger partial charge in [0.2, 0.25) is 0 Å². The van der Waals surface area contributed by atoms with Gasteiger partial charge >= 0.3 is 17.7 Å². The monoisotopic (exact) mass is 484 g/mol. The zero-order valence-electron chi connectivity index (χ0n) is 18.6. The molecule has 10 heteroatoms. The molecule has 34 heavy (non-hydrogen) atoms. The highest BCUT2D eigenvalue weighted by molar-refractivity contribution is 7.12. The maximum Gasteiger partial charge on any atom is 0.411 e. The Morgan fingerprint density at radius 1 is 1.15 bits per heavy atom. The van der Waals surface area contributed by atoms with Crippen molar-refractivity contribution in [3.05, 3.63) is 62.6 Å². The summed E-state index contributed by atoms with van der Waals surface area (Å²) in [5.74, 6) is -0.675. The summed E-state index contributed by atoms with van der Waals surface area (Å²) in [6, 6.07) is 9.76. The van der Waals surface area contributed by atoms with Crippen molar-refractivity contribution in [2.75, 3.05) is 25.0 Å². The average Bonchev–Trinajstić information content (AvgIpc) is 3.37. The van der Waals surface area contributed by atoms with Gasteiger partial charge in [-0.1, -0.05) is 6.07 Å². The Hall–Kier alpha value is -3.66. The van der Waals surface area contributed by atoms with Crippen LogP contribution in [-0.2, 0) is 20.9 Å². The van der Waals surface area contributed by atoms with Crippen LogP contribution in [0, 0.1) is 5.92 Å². The van der Waals surface area contributed by atoms with Crippen LogP contribution in [0.3, 0.4) is 0 Å². The molecule has 0 unspecified atom stereocenters. The number of nitrogens with one attached hydrogen (secondary N) is 1. The van der Waals surface area contributed by atoms with E-state index in [0.29, 0.717) is 47.4 Å². The molecule has 1 aromatic carbocycles. The van der Waals surface area contributed by atoms with Gasteiger partial charge in [-0.2, -0.15) is 0 Å². The van der Waals surface area contributed by atoms with Gasteiger partial charge in [0.1, 0.15) is 12.2 Å². The molecular weight excluding hydrogens is 460 g/mol. The molecule has 0 aliphatic carbocycles. The number of anilines is 1. The summed E-state index contributed by atoms with van der Waals surface area (Å²) in [4.78, 5) is 51.2. The first-order valence-corrected chi connectivity index (χ1v) is 11.8. The number of fused-ring (bicyclic) bond motifs is 1. The van der Waals surface area contributed by atoms with E-state index in [2.05, 4.69) is 5.32 Å². The van der Waals surface area contributed by atoms with E-state index >= 15 is 0 Å². The Morgan fingerprint density at radius 2 is 1.94 bits per heavy atom. The number of ether oxygens (including phenoxy) is 2. The summed E-state index contributed by atoms with van der Waals surface area (Å²) >= 11 is 1.40. The lowest BCUT2D eigenvalue weighted by molar-refractivity contribution is -0.151. The number of hydrogen-bond acceptors (Lipinski definition) is 8. The van der Waals surface area contributed by atoms with Gasteiger partial charge in [-0.05, 0) is 43.3 Å². The fourth-order valence-corrected chi connectivity index (χ4v) is 4.54. The molecule has 3 heterocycles. The van der Waals surface area contributed by atoms with Crippen molar-refractivity contribution >= 4 is 46.0 Å². The summed E-state index contributed by atoms with van der Waals surface area (Å²) in [6.07, 6.45) is 0.435. The maximum absolute atomic E-state index is 12.6. The highest BCUT2D eigenvalue weighted by atomic mass is 32.1. The lowest BCUT2D eigenvalue weighted by Gasteiger charge is -2.30. The van der Waals surface area contributed by atoms with Crippen LogP contribution in [0.1, 0.15) is 35.0 Å². The molecule has 9 nitrogen and oxygen atoms in total. The summed E-state index contributed by atoms with van der Waals surface area (Å²) < 4.78 is 15.6. The van der Waals surface area contributed by atoms with Gasteiger partial charge in [0.15, 0.2) is 0 Å². The molecule has 2 aromatic heterocycles. The standard InChI is InChI=1S/C24H24N2O7S/c1-2-31-24(30)25-17-5-6-18-16(12-21(27)33-19(18)13-17)14-32-23(29)15-7-9-26(10-8-15)22(28)20-4-3-11-34-20/h3-6,11-13,15H,2,7-10,14H2,1H3,(H,25,30). The van der Waals surface area contributed by atoms with Crippen molar-refractivity contribution in [1.29, 1.82) is 0 Å². The number of rotatable bonds is 6. The largest absolute Gasteiger partial charge is 0.461 e. The second kappa shape index (κ2) is 10.5. The molecule has 3 aromatic rings. The van der Waals surface area contributed by atoms with E-state index in [-0.39, 0.29) is 36.6 Å². The van der Waals surface area contributed by atoms with Crippen molar-refractivity contribution < 1.29 is 28.3 Å². The van der Waals surface area contributed by atoms with E-state index < -0.39 is 11.7 Å². The van der Waals surface area contributed by atoms with Crippen LogP contribution >= 0.6 is 11.3 Å². The number of likely N-dealkylation sites (tertiary alicyclic amines) is 1. The van der Waals surface area contributed by atoms with Crippen molar-refractivity contribution in [3.8, 4) is 0 Å². The van der Waals surface area contributed by atoms with Crippen molar-refractivity contribution in [2.24, 2.45) is 5.92 Å². The number of hydrogen-bond donors (Lipinski definition) is 1. The predicted molar refractivity (Wildman–Crippen MR) is 126 cm³/mol. The van der Waals surface area contributed by atoms with E-state index in [4.69, 9.17) is 13.9 Å². The third-order valence-electron chi connectivity index (χ3n) is 5.57. The van der Waals surface area contributed by atoms with Crippen LogP contribution in [0.2, 0.25) is 0 Å². The number of thiophene rings is 1. The molecule has 0 atom stereocenters. The molecule has 178 valence electrons. The number of esters is 1. The van der Waals surface area contributed by atoms with Gasteiger partial charge in [0, 0.05) is 41.9 Å². The van der Waals surface area contributed by atoms with E-state index in [9.17, 15) is 19.2 Å². The first-order chi connectivity index (χ1) is 16.4. The van der Waals surface area contributed by atoms with Crippen molar-refractivity contribution in [3.63, 3.8) is 0 Å². The van der Waals surface area contributed by atoms with Crippen molar-refractivity contribution in [2.45, 2.75) is 26.4 Å². The minimum atomic E-state index is -0.614. The quantitative estimate of drug-likeness (QED) is 0.415. The van der Waals surface area contributed by atoms with Crippen LogP contribution < -0.4 is 10.9 Å². The lowest BCUT2D eigenvalue weighted by atomic mass is 9.97. The predicted octanol–water partition coefficient (Wildman–Crippen LogP) is 4.02. The Kier molecular flexibility index (Phi) is 7.27. The molecule has 1 saturated heterocycles. The molecule has 0 saturated carbocycles. The number of nitrogens with zero attached hydrogens (tertiary/aromatic N) is 1. The molecule has 1 N–H and O–H groups in total. The molecule has 4 rings (SSSR count). The van der Waals surface area contributed by atoms with Crippen LogP contribution in [0.4, 0.5) is 10.5 Å². The molecule has 0 radical (unpaired) electrons. The number of carbonyl (C=O) groups is 3. The van der Waals surface area contributed by atoms with E-state index in [1.807, 2.05) is 11.4 Å². The van der Waals surface area contributed by atoms with Gasteiger partial charge in [0.05, 0.1) is 17.4 Å². The molecule has 0 spiro atoms. The third-order valence-corrected chi connectivity index (χ3v) is 6.43. The Bertz CT molecular complexity index is 1240. The first-order valence-electron chi connectivity index (χ1n) is 10.9. The molecule has 1 fully saturated rings. The molecular formula is C24H24N2O7S. The Labute approximate surface area is 199 Å². The maximum atomic E-state index is 12.6. The van der Waals surface area contributed by atoms with E-state index in [1.54, 1.807) is 30.0 Å². The highest BCUT2D eigenvalue weighted by Gasteiger charge is 2.29. The van der Waals surface area contributed by atoms with Gasteiger partial charge in [-0.15, -0.1) is 11.3 Å². The minimum absolute atomic E-state index is 0.0129. The van der Waals surface area contributed by atoms with E-state index in [1.165, 1.54) is 23.5 Å². The fraction of sp³-hybridized carbons (Fsp3) is 0.333. The third kappa shape index (κ3) is 5.45.